The van der Waals surface area contributed by atoms with Crippen molar-refractivity contribution in [1.29, 1.82) is 0 Å². The topological polar surface area (TPSA) is 38.2 Å². The Labute approximate surface area is 131 Å². The molecule has 1 aliphatic heterocycles. The standard InChI is InChI=1S/C18H21N3O/c1-22-16-6-4-13(5-7-16)15-9-11-21(12-15)17-8-10-19-18(20-17)14-2-3-14/h4-8,10,14-15H,2-3,9,11-12H2,1H3. The molecule has 2 aromatic rings. The van der Waals surface area contributed by atoms with E-state index in [1.54, 1.807) is 7.11 Å². The molecule has 2 heterocycles. The van der Waals surface area contributed by atoms with Crippen molar-refractivity contribution in [1.82, 2.24) is 9.97 Å². The molecule has 2 aliphatic rings. The lowest BCUT2D eigenvalue weighted by molar-refractivity contribution is 0.414. The van der Waals surface area contributed by atoms with Crippen molar-refractivity contribution >= 4 is 5.82 Å². The average Bonchev–Trinajstić information content (AvgIpc) is 3.32. The summed E-state index contributed by atoms with van der Waals surface area (Å²) in [6.07, 6.45) is 5.58. The van der Waals surface area contributed by atoms with Crippen LogP contribution in [0.2, 0.25) is 0 Å². The molecule has 0 spiro atoms. The molecular weight excluding hydrogens is 274 g/mol. The smallest absolute Gasteiger partial charge is 0.133 e. The maximum atomic E-state index is 5.24. The van der Waals surface area contributed by atoms with Crippen LogP contribution >= 0.6 is 0 Å². The van der Waals surface area contributed by atoms with Gasteiger partial charge in [-0.15, -0.1) is 0 Å². The fourth-order valence-electron chi connectivity index (χ4n) is 3.19. The van der Waals surface area contributed by atoms with Crippen molar-refractivity contribution in [3.63, 3.8) is 0 Å². The predicted octanol–water partition coefficient (Wildman–Crippen LogP) is 3.36. The number of nitrogens with zero attached hydrogens (tertiary/aromatic N) is 3. The monoisotopic (exact) mass is 295 g/mol. The van der Waals surface area contributed by atoms with Gasteiger partial charge >= 0.3 is 0 Å². The van der Waals surface area contributed by atoms with Crippen LogP contribution in [0.15, 0.2) is 36.5 Å². The summed E-state index contributed by atoms with van der Waals surface area (Å²) in [5, 5.41) is 0. The second kappa shape index (κ2) is 5.59. The van der Waals surface area contributed by atoms with Gasteiger partial charge in [0.1, 0.15) is 17.4 Å². The normalized spacial score (nSPS) is 21.1. The van der Waals surface area contributed by atoms with E-state index in [4.69, 9.17) is 9.72 Å². The van der Waals surface area contributed by atoms with E-state index in [1.807, 2.05) is 24.4 Å². The largest absolute Gasteiger partial charge is 0.497 e. The molecule has 114 valence electrons. The van der Waals surface area contributed by atoms with Gasteiger partial charge in [-0.2, -0.15) is 0 Å². The molecule has 1 atom stereocenters. The Hall–Kier alpha value is -2.10. The Bertz CT molecular complexity index is 652. The fourth-order valence-corrected chi connectivity index (χ4v) is 3.19. The van der Waals surface area contributed by atoms with Crippen molar-refractivity contribution in [2.24, 2.45) is 0 Å². The van der Waals surface area contributed by atoms with E-state index in [0.29, 0.717) is 11.8 Å². The molecule has 4 heteroatoms. The van der Waals surface area contributed by atoms with Crippen LogP contribution in [0.5, 0.6) is 5.75 Å². The summed E-state index contributed by atoms with van der Waals surface area (Å²) in [6.45, 7) is 2.10. The Balaban J connectivity index is 1.48. The average molecular weight is 295 g/mol. The van der Waals surface area contributed by atoms with E-state index in [2.05, 4.69) is 22.0 Å². The first-order valence-electron chi connectivity index (χ1n) is 8.05. The zero-order valence-electron chi connectivity index (χ0n) is 12.9. The number of ether oxygens (including phenoxy) is 1. The molecule has 1 aromatic carbocycles. The van der Waals surface area contributed by atoms with Crippen LogP contribution in [0.1, 0.15) is 42.5 Å². The maximum Gasteiger partial charge on any atom is 0.133 e. The molecule has 0 amide bonds. The van der Waals surface area contributed by atoms with Crippen molar-refractivity contribution in [3.05, 3.63) is 47.9 Å². The number of aromatic nitrogens is 2. The molecule has 0 bridgehead atoms. The quantitative estimate of drug-likeness (QED) is 0.867. The van der Waals surface area contributed by atoms with E-state index in [9.17, 15) is 0 Å². The van der Waals surface area contributed by atoms with Crippen LogP contribution in [0.3, 0.4) is 0 Å². The molecule has 1 saturated carbocycles. The molecule has 1 saturated heterocycles. The third-order valence-corrected chi connectivity index (χ3v) is 4.70. The molecule has 0 radical (unpaired) electrons. The van der Waals surface area contributed by atoms with Gasteiger partial charge in [-0.05, 0) is 43.0 Å². The molecule has 2 fully saturated rings. The van der Waals surface area contributed by atoms with Gasteiger partial charge < -0.3 is 9.64 Å². The van der Waals surface area contributed by atoms with Crippen LogP contribution in [0.25, 0.3) is 0 Å². The number of rotatable bonds is 4. The van der Waals surface area contributed by atoms with Crippen molar-refractivity contribution in [2.75, 3.05) is 25.1 Å². The Morgan fingerprint density at radius 3 is 2.59 bits per heavy atom. The van der Waals surface area contributed by atoms with Gasteiger partial charge in [0.15, 0.2) is 0 Å². The third-order valence-electron chi connectivity index (χ3n) is 4.70. The minimum absolute atomic E-state index is 0.574. The summed E-state index contributed by atoms with van der Waals surface area (Å²) in [7, 11) is 1.71. The van der Waals surface area contributed by atoms with Gasteiger partial charge in [0.2, 0.25) is 0 Å². The molecule has 4 nitrogen and oxygen atoms in total. The molecule has 22 heavy (non-hydrogen) atoms. The van der Waals surface area contributed by atoms with Gasteiger partial charge in [0.25, 0.3) is 0 Å². The number of methoxy groups -OCH3 is 1. The fraction of sp³-hybridized carbons (Fsp3) is 0.444. The van der Waals surface area contributed by atoms with Gasteiger partial charge in [-0.1, -0.05) is 12.1 Å². The lowest BCUT2D eigenvalue weighted by Gasteiger charge is -2.18. The highest BCUT2D eigenvalue weighted by molar-refractivity contribution is 5.42. The molecule has 1 aromatic heterocycles. The minimum Gasteiger partial charge on any atom is -0.497 e. The number of anilines is 1. The summed E-state index contributed by atoms with van der Waals surface area (Å²) in [5.41, 5.74) is 1.39. The highest BCUT2D eigenvalue weighted by Crippen LogP contribution is 2.39. The molecule has 0 N–H and O–H groups in total. The summed E-state index contributed by atoms with van der Waals surface area (Å²) in [6, 6.07) is 10.5. The highest BCUT2D eigenvalue weighted by atomic mass is 16.5. The number of hydrogen-bond donors (Lipinski definition) is 0. The number of hydrogen-bond acceptors (Lipinski definition) is 4. The zero-order valence-corrected chi connectivity index (χ0v) is 12.9. The Morgan fingerprint density at radius 1 is 1.05 bits per heavy atom. The van der Waals surface area contributed by atoms with Crippen molar-refractivity contribution in [3.8, 4) is 5.75 Å². The lowest BCUT2D eigenvalue weighted by atomic mass is 9.98. The summed E-state index contributed by atoms with van der Waals surface area (Å²) in [5.74, 6) is 4.23. The first-order chi connectivity index (χ1) is 10.8. The molecular formula is C18H21N3O. The highest BCUT2D eigenvalue weighted by Gasteiger charge is 2.29. The predicted molar refractivity (Wildman–Crippen MR) is 86.6 cm³/mol. The Morgan fingerprint density at radius 2 is 1.86 bits per heavy atom. The van der Waals surface area contributed by atoms with Gasteiger partial charge in [0, 0.05) is 31.1 Å². The van der Waals surface area contributed by atoms with Crippen molar-refractivity contribution < 1.29 is 4.74 Å². The Kier molecular flexibility index (Phi) is 3.45. The van der Waals surface area contributed by atoms with E-state index < -0.39 is 0 Å². The van der Waals surface area contributed by atoms with Crippen LogP contribution in [0.4, 0.5) is 5.82 Å². The first kappa shape index (κ1) is 13.6. The van der Waals surface area contributed by atoms with Gasteiger partial charge in [0.05, 0.1) is 7.11 Å². The van der Waals surface area contributed by atoms with Gasteiger partial charge in [-0.3, -0.25) is 0 Å². The lowest BCUT2D eigenvalue weighted by Crippen LogP contribution is -2.21. The van der Waals surface area contributed by atoms with E-state index in [-0.39, 0.29) is 0 Å². The van der Waals surface area contributed by atoms with E-state index >= 15 is 0 Å². The van der Waals surface area contributed by atoms with Crippen molar-refractivity contribution in [2.45, 2.75) is 31.1 Å². The molecule has 1 aliphatic carbocycles. The zero-order chi connectivity index (χ0) is 14.9. The summed E-state index contributed by atoms with van der Waals surface area (Å²) in [4.78, 5) is 11.6. The number of benzene rings is 1. The van der Waals surface area contributed by atoms with E-state index in [1.165, 1.54) is 24.8 Å². The summed E-state index contributed by atoms with van der Waals surface area (Å²) >= 11 is 0. The molecule has 4 rings (SSSR count). The van der Waals surface area contributed by atoms with Crippen LogP contribution in [-0.2, 0) is 0 Å². The van der Waals surface area contributed by atoms with Gasteiger partial charge in [-0.25, -0.2) is 9.97 Å². The third kappa shape index (κ3) is 2.65. The van der Waals surface area contributed by atoms with Crippen LogP contribution < -0.4 is 9.64 Å². The first-order valence-corrected chi connectivity index (χ1v) is 8.05. The second-order valence-corrected chi connectivity index (χ2v) is 6.25. The maximum absolute atomic E-state index is 5.24. The minimum atomic E-state index is 0.574. The van der Waals surface area contributed by atoms with E-state index in [0.717, 1.165) is 30.5 Å². The second-order valence-electron chi connectivity index (χ2n) is 6.25. The van der Waals surface area contributed by atoms with Crippen LogP contribution in [-0.4, -0.2) is 30.2 Å². The molecule has 1 unspecified atom stereocenters. The summed E-state index contributed by atoms with van der Waals surface area (Å²) < 4.78 is 5.24. The van der Waals surface area contributed by atoms with Crippen LogP contribution in [0, 0.1) is 0 Å². The SMILES string of the molecule is COc1ccc(C2CCN(c3ccnc(C4CC4)n3)C2)cc1.